The molecule has 112 valence electrons. The maximum Gasteiger partial charge on any atom is 0.416 e. The largest absolute Gasteiger partial charge is 0.416 e. The quantitative estimate of drug-likeness (QED) is 0.857. The lowest BCUT2D eigenvalue weighted by Crippen LogP contribution is -2.16. The number of hydrogen-bond acceptors (Lipinski definition) is 2. The highest BCUT2D eigenvalue weighted by Crippen LogP contribution is 2.33. The second-order valence-corrected chi connectivity index (χ2v) is 5.37. The normalized spacial score (nSPS) is 11.5. The lowest BCUT2D eigenvalue weighted by atomic mass is 10.2. The molecule has 21 heavy (non-hydrogen) atoms. The van der Waals surface area contributed by atoms with Crippen LogP contribution in [0.1, 0.15) is 16.1 Å². The highest BCUT2D eigenvalue weighted by molar-refractivity contribution is 9.10. The summed E-state index contributed by atoms with van der Waals surface area (Å²) in [5.74, 6) is -0.541. The number of nitrogens with zero attached hydrogens (tertiary/aromatic N) is 1. The average molecular weight is 362 g/mol. The van der Waals surface area contributed by atoms with Crippen LogP contribution in [0.4, 0.5) is 24.5 Å². The van der Waals surface area contributed by atoms with Gasteiger partial charge in [-0.2, -0.15) is 13.2 Å². The Labute approximate surface area is 126 Å². The molecule has 4 nitrogen and oxygen atoms in total. The van der Waals surface area contributed by atoms with Crippen LogP contribution in [0, 0.1) is 0 Å². The zero-order valence-electron chi connectivity index (χ0n) is 10.8. The molecule has 0 saturated carbocycles. The average Bonchev–Trinajstić information content (AvgIpc) is 2.66. The van der Waals surface area contributed by atoms with E-state index in [1.165, 1.54) is 22.9 Å². The summed E-state index contributed by atoms with van der Waals surface area (Å²) < 4.78 is 39.9. The maximum atomic E-state index is 12.7. The molecular weight excluding hydrogens is 351 g/mol. The van der Waals surface area contributed by atoms with Crippen LogP contribution in [0.3, 0.4) is 0 Å². The molecule has 0 fully saturated rings. The van der Waals surface area contributed by atoms with Crippen molar-refractivity contribution >= 4 is 33.2 Å². The lowest BCUT2D eigenvalue weighted by molar-refractivity contribution is -0.137. The Kier molecular flexibility index (Phi) is 3.99. The van der Waals surface area contributed by atoms with E-state index in [4.69, 9.17) is 5.73 Å². The monoisotopic (exact) mass is 361 g/mol. The molecule has 0 saturated heterocycles. The number of alkyl halides is 3. The first-order valence-electron chi connectivity index (χ1n) is 5.78. The number of anilines is 2. The number of nitrogens with one attached hydrogen (secondary N) is 1. The number of carbonyl (C=O) groups is 1. The summed E-state index contributed by atoms with van der Waals surface area (Å²) in [6.07, 6.45) is -2.95. The fraction of sp³-hybridized carbons (Fsp3) is 0.154. The highest BCUT2D eigenvalue weighted by atomic mass is 79.9. The van der Waals surface area contributed by atoms with Crippen molar-refractivity contribution in [1.82, 2.24) is 4.57 Å². The molecule has 8 heteroatoms. The summed E-state index contributed by atoms with van der Waals surface area (Å²) in [4.78, 5) is 12.0. The molecule has 0 spiro atoms. The van der Waals surface area contributed by atoms with E-state index in [2.05, 4.69) is 21.2 Å². The zero-order valence-corrected chi connectivity index (χ0v) is 12.4. The Morgan fingerprint density at radius 1 is 1.29 bits per heavy atom. The van der Waals surface area contributed by atoms with Gasteiger partial charge >= 0.3 is 6.18 Å². The minimum Gasteiger partial charge on any atom is -0.397 e. The molecule has 1 heterocycles. The van der Waals surface area contributed by atoms with Crippen LogP contribution >= 0.6 is 15.9 Å². The number of benzene rings is 1. The van der Waals surface area contributed by atoms with Gasteiger partial charge in [0.2, 0.25) is 0 Å². The summed E-state index contributed by atoms with van der Waals surface area (Å²) >= 11 is 2.99. The van der Waals surface area contributed by atoms with Crippen LogP contribution in [0.2, 0.25) is 0 Å². The number of nitrogens with two attached hydrogens (primary N) is 1. The number of halogens is 4. The van der Waals surface area contributed by atoms with E-state index >= 15 is 0 Å². The third-order valence-electron chi connectivity index (χ3n) is 2.74. The number of rotatable bonds is 2. The zero-order chi connectivity index (χ0) is 15.8. The standard InChI is InChI=1S/C13H11BrF3N3O/c1-20-6-9(18)5-11(20)12(21)19-10-3-7(13(15,16)17)2-8(14)4-10/h2-6H,18H2,1H3,(H,19,21). The summed E-state index contributed by atoms with van der Waals surface area (Å²) in [5.41, 5.74) is 5.40. The van der Waals surface area contributed by atoms with E-state index in [1.807, 2.05) is 0 Å². The number of amides is 1. The maximum absolute atomic E-state index is 12.7. The lowest BCUT2D eigenvalue weighted by Gasteiger charge is -2.11. The van der Waals surface area contributed by atoms with Crippen molar-refractivity contribution in [2.75, 3.05) is 11.1 Å². The Morgan fingerprint density at radius 3 is 2.48 bits per heavy atom. The van der Waals surface area contributed by atoms with Gasteiger partial charge in [0.15, 0.2) is 0 Å². The highest BCUT2D eigenvalue weighted by Gasteiger charge is 2.31. The minimum absolute atomic E-state index is 0.0430. The van der Waals surface area contributed by atoms with Gasteiger partial charge < -0.3 is 15.6 Å². The molecule has 0 atom stereocenters. The number of aromatic nitrogens is 1. The molecule has 1 aromatic carbocycles. The minimum atomic E-state index is -4.49. The smallest absolute Gasteiger partial charge is 0.397 e. The van der Waals surface area contributed by atoms with Gasteiger partial charge in [0.25, 0.3) is 5.91 Å². The summed E-state index contributed by atoms with van der Waals surface area (Å²) in [5, 5.41) is 2.42. The predicted octanol–water partition coefficient (Wildman–Crippen LogP) is 3.64. The van der Waals surface area contributed by atoms with Gasteiger partial charge in [-0.15, -0.1) is 0 Å². The van der Waals surface area contributed by atoms with E-state index in [0.717, 1.165) is 12.1 Å². The molecule has 1 amide bonds. The SMILES string of the molecule is Cn1cc(N)cc1C(=O)Nc1cc(Br)cc(C(F)(F)F)c1. The third-order valence-corrected chi connectivity index (χ3v) is 3.20. The molecular formula is C13H11BrF3N3O. The molecule has 0 aliphatic carbocycles. The van der Waals surface area contributed by atoms with E-state index < -0.39 is 17.6 Å². The Morgan fingerprint density at radius 2 is 1.95 bits per heavy atom. The van der Waals surface area contributed by atoms with Crippen LogP contribution in [-0.4, -0.2) is 10.5 Å². The molecule has 1 aromatic heterocycles. The molecule has 0 unspecified atom stereocenters. The molecule has 2 rings (SSSR count). The summed E-state index contributed by atoms with van der Waals surface area (Å²) in [7, 11) is 1.62. The Balaban J connectivity index is 2.29. The molecule has 3 N–H and O–H groups in total. The molecule has 2 aromatic rings. The first kappa shape index (κ1) is 15.4. The Bertz CT molecular complexity index is 694. The fourth-order valence-corrected chi connectivity index (χ4v) is 2.33. The van der Waals surface area contributed by atoms with Gasteiger partial charge in [-0.25, -0.2) is 0 Å². The molecule has 0 aliphatic heterocycles. The number of aryl methyl sites for hydroxylation is 1. The van der Waals surface area contributed by atoms with E-state index in [9.17, 15) is 18.0 Å². The summed E-state index contributed by atoms with van der Waals surface area (Å²) in [6.45, 7) is 0. The van der Waals surface area contributed by atoms with Crippen LogP contribution in [0.25, 0.3) is 0 Å². The second-order valence-electron chi connectivity index (χ2n) is 4.45. The predicted molar refractivity (Wildman–Crippen MR) is 76.9 cm³/mol. The van der Waals surface area contributed by atoms with Crippen LogP contribution in [0.5, 0.6) is 0 Å². The van der Waals surface area contributed by atoms with Crippen molar-refractivity contribution < 1.29 is 18.0 Å². The topological polar surface area (TPSA) is 60.0 Å². The fourth-order valence-electron chi connectivity index (χ4n) is 1.84. The van der Waals surface area contributed by atoms with Crippen molar-refractivity contribution in [3.05, 3.63) is 46.2 Å². The second kappa shape index (κ2) is 5.44. The van der Waals surface area contributed by atoms with E-state index in [1.54, 1.807) is 7.05 Å². The first-order chi connectivity index (χ1) is 9.66. The van der Waals surface area contributed by atoms with E-state index in [0.29, 0.717) is 5.69 Å². The molecule has 0 bridgehead atoms. The van der Waals surface area contributed by atoms with Crippen LogP contribution in [0.15, 0.2) is 34.9 Å². The Hall–Kier alpha value is -1.96. The van der Waals surface area contributed by atoms with Crippen molar-refractivity contribution in [3.8, 4) is 0 Å². The summed E-state index contributed by atoms with van der Waals surface area (Å²) in [6, 6.07) is 4.64. The third kappa shape index (κ3) is 3.57. The van der Waals surface area contributed by atoms with Crippen molar-refractivity contribution in [1.29, 1.82) is 0 Å². The molecule has 0 aliphatic rings. The van der Waals surface area contributed by atoms with Gasteiger partial charge in [0.05, 0.1) is 11.3 Å². The molecule has 0 radical (unpaired) electrons. The van der Waals surface area contributed by atoms with Gasteiger partial charge in [-0.05, 0) is 24.3 Å². The van der Waals surface area contributed by atoms with Crippen LogP contribution in [-0.2, 0) is 13.2 Å². The van der Waals surface area contributed by atoms with Crippen molar-refractivity contribution in [2.45, 2.75) is 6.18 Å². The van der Waals surface area contributed by atoms with Crippen molar-refractivity contribution in [2.24, 2.45) is 7.05 Å². The number of carbonyl (C=O) groups excluding carboxylic acids is 1. The van der Waals surface area contributed by atoms with E-state index in [-0.39, 0.29) is 15.9 Å². The first-order valence-corrected chi connectivity index (χ1v) is 6.57. The van der Waals surface area contributed by atoms with Gasteiger partial charge in [-0.3, -0.25) is 4.79 Å². The van der Waals surface area contributed by atoms with Crippen molar-refractivity contribution in [3.63, 3.8) is 0 Å². The van der Waals surface area contributed by atoms with Gasteiger partial charge in [0, 0.05) is 23.4 Å². The number of nitrogen functional groups attached to an aromatic ring is 1. The van der Waals surface area contributed by atoms with Gasteiger partial charge in [-0.1, -0.05) is 15.9 Å². The van der Waals surface area contributed by atoms with Crippen LogP contribution < -0.4 is 11.1 Å². The van der Waals surface area contributed by atoms with Gasteiger partial charge in [0.1, 0.15) is 5.69 Å². The number of hydrogen-bond donors (Lipinski definition) is 2.